The molecule has 0 saturated heterocycles. The van der Waals surface area contributed by atoms with Crippen LogP contribution in [-0.4, -0.2) is 0 Å². The molecule has 1 atom stereocenters. The molecule has 1 unspecified atom stereocenters. The summed E-state index contributed by atoms with van der Waals surface area (Å²) in [4.78, 5) is 0. The summed E-state index contributed by atoms with van der Waals surface area (Å²) < 4.78 is 0. The van der Waals surface area contributed by atoms with Crippen molar-refractivity contribution in [1.29, 1.82) is 0 Å². The summed E-state index contributed by atoms with van der Waals surface area (Å²) in [6.45, 7) is 3.99. The Morgan fingerprint density at radius 3 is 2.73 bits per heavy atom. The molecule has 0 amide bonds. The Morgan fingerprint density at radius 2 is 1.91 bits per heavy atom. The molecule has 0 saturated carbocycles. The maximum absolute atomic E-state index is 3.99. The molecule has 0 aromatic rings. The van der Waals surface area contributed by atoms with Gasteiger partial charge in [0.1, 0.15) is 0 Å². The van der Waals surface area contributed by atoms with Gasteiger partial charge in [-0.3, -0.25) is 0 Å². The molecule has 0 aromatic carbocycles. The lowest BCUT2D eigenvalue weighted by molar-refractivity contribution is 0.441. The Balaban J connectivity index is 2.28. The summed E-state index contributed by atoms with van der Waals surface area (Å²) in [6.07, 6.45) is 13.9. The molecule has 0 N–H and O–H groups in total. The average molecular weight is 151 g/mol. The first-order valence-electron chi connectivity index (χ1n) is 4.87. The van der Waals surface area contributed by atoms with Gasteiger partial charge in [-0.05, 0) is 31.6 Å². The van der Waals surface area contributed by atoms with Crippen molar-refractivity contribution in [3.63, 3.8) is 0 Å². The van der Waals surface area contributed by atoms with Gasteiger partial charge in [0, 0.05) is 0 Å². The molecule has 0 fully saturated rings. The standard InChI is InChI=1S/C11H19/c1-2-11-9-7-5-3-4-6-8-10-11/h3,5,11H,1-2,4,6-10H2/b5-3-. The van der Waals surface area contributed by atoms with Crippen LogP contribution in [0.2, 0.25) is 0 Å². The van der Waals surface area contributed by atoms with Crippen LogP contribution in [0.15, 0.2) is 12.2 Å². The first-order chi connectivity index (χ1) is 5.43. The van der Waals surface area contributed by atoms with Gasteiger partial charge in [0.2, 0.25) is 0 Å². The minimum absolute atomic E-state index is 0.901. The van der Waals surface area contributed by atoms with Crippen LogP contribution in [0.3, 0.4) is 0 Å². The normalized spacial score (nSPS) is 30.1. The van der Waals surface area contributed by atoms with E-state index < -0.39 is 0 Å². The maximum Gasteiger partial charge on any atom is -0.0348 e. The van der Waals surface area contributed by atoms with Gasteiger partial charge in [0.05, 0.1) is 0 Å². The van der Waals surface area contributed by atoms with E-state index in [1.165, 1.54) is 38.5 Å². The van der Waals surface area contributed by atoms with Crippen LogP contribution in [0, 0.1) is 12.8 Å². The van der Waals surface area contributed by atoms with Crippen molar-refractivity contribution >= 4 is 0 Å². The summed E-state index contributed by atoms with van der Waals surface area (Å²) in [5.41, 5.74) is 0. The molecule has 1 rings (SSSR count). The molecule has 0 aliphatic heterocycles. The highest BCUT2D eigenvalue weighted by atomic mass is 14.1. The number of hydrogen-bond acceptors (Lipinski definition) is 0. The Bertz CT molecular complexity index is 113. The van der Waals surface area contributed by atoms with Crippen LogP contribution >= 0.6 is 0 Å². The third kappa shape index (κ3) is 3.60. The van der Waals surface area contributed by atoms with Crippen molar-refractivity contribution in [3.05, 3.63) is 19.1 Å². The molecule has 0 nitrogen and oxygen atoms in total. The summed E-state index contributed by atoms with van der Waals surface area (Å²) in [7, 11) is 0. The van der Waals surface area contributed by atoms with Gasteiger partial charge in [0.25, 0.3) is 0 Å². The predicted octanol–water partition coefficient (Wildman–Crippen LogP) is 3.74. The van der Waals surface area contributed by atoms with E-state index in [1.807, 2.05) is 0 Å². The van der Waals surface area contributed by atoms with Gasteiger partial charge < -0.3 is 0 Å². The average Bonchev–Trinajstić information content (AvgIpc) is 2.16. The van der Waals surface area contributed by atoms with Gasteiger partial charge in [0.15, 0.2) is 0 Å². The molecule has 0 spiro atoms. The second kappa shape index (κ2) is 5.40. The number of allylic oxidation sites excluding steroid dienone is 2. The Hall–Kier alpha value is -0.260. The third-order valence-electron chi connectivity index (χ3n) is 2.55. The molecular formula is C11H19. The van der Waals surface area contributed by atoms with Crippen LogP contribution in [-0.2, 0) is 0 Å². The van der Waals surface area contributed by atoms with Crippen molar-refractivity contribution < 1.29 is 0 Å². The SMILES string of the molecule is [CH2]CC1CC/C=C\CCCC1. The van der Waals surface area contributed by atoms with Gasteiger partial charge >= 0.3 is 0 Å². The van der Waals surface area contributed by atoms with Crippen molar-refractivity contribution in [2.24, 2.45) is 5.92 Å². The molecule has 1 aliphatic carbocycles. The zero-order valence-electron chi connectivity index (χ0n) is 7.39. The van der Waals surface area contributed by atoms with E-state index in [0.717, 1.165) is 12.3 Å². The van der Waals surface area contributed by atoms with Crippen LogP contribution in [0.5, 0.6) is 0 Å². The molecule has 11 heavy (non-hydrogen) atoms. The van der Waals surface area contributed by atoms with E-state index >= 15 is 0 Å². The van der Waals surface area contributed by atoms with Crippen molar-refractivity contribution in [2.75, 3.05) is 0 Å². The molecule has 0 aromatic heterocycles. The highest BCUT2D eigenvalue weighted by molar-refractivity contribution is 4.83. The second-order valence-corrected chi connectivity index (χ2v) is 3.49. The van der Waals surface area contributed by atoms with Gasteiger partial charge in [-0.25, -0.2) is 0 Å². The monoisotopic (exact) mass is 151 g/mol. The maximum atomic E-state index is 3.99. The lowest BCUT2D eigenvalue weighted by Gasteiger charge is -2.11. The van der Waals surface area contributed by atoms with Crippen LogP contribution < -0.4 is 0 Å². The zero-order chi connectivity index (χ0) is 7.94. The predicted molar refractivity (Wildman–Crippen MR) is 50.3 cm³/mol. The largest absolute Gasteiger partial charge is 0.0885 e. The Morgan fingerprint density at radius 1 is 1.09 bits per heavy atom. The number of rotatable bonds is 1. The van der Waals surface area contributed by atoms with E-state index in [1.54, 1.807) is 0 Å². The topological polar surface area (TPSA) is 0 Å². The van der Waals surface area contributed by atoms with E-state index in [-0.39, 0.29) is 0 Å². The van der Waals surface area contributed by atoms with Crippen LogP contribution in [0.4, 0.5) is 0 Å². The molecular weight excluding hydrogens is 132 g/mol. The minimum atomic E-state index is 0.901. The van der Waals surface area contributed by atoms with Crippen molar-refractivity contribution in [3.8, 4) is 0 Å². The van der Waals surface area contributed by atoms with Crippen molar-refractivity contribution in [1.82, 2.24) is 0 Å². The Labute approximate surface area is 70.7 Å². The highest BCUT2D eigenvalue weighted by Crippen LogP contribution is 2.20. The molecule has 0 bridgehead atoms. The smallest absolute Gasteiger partial charge is 0.0348 e. The molecule has 63 valence electrons. The fraction of sp³-hybridized carbons (Fsp3) is 0.727. The first kappa shape index (κ1) is 8.83. The highest BCUT2D eigenvalue weighted by Gasteiger charge is 2.05. The van der Waals surface area contributed by atoms with Gasteiger partial charge in [-0.2, -0.15) is 0 Å². The Kier molecular flexibility index (Phi) is 4.33. The van der Waals surface area contributed by atoms with Crippen LogP contribution in [0.1, 0.15) is 44.9 Å². The number of hydrogen-bond donors (Lipinski definition) is 0. The summed E-state index contributed by atoms with van der Waals surface area (Å²) in [6, 6.07) is 0. The van der Waals surface area contributed by atoms with Crippen molar-refractivity contribution in [2.45, 2.75) is 44.9 Å². The minimum Gasteiger partial charge on any atom is -0.0885 e. The lowest BCUT2D eigenvalue weighted by Crippen LogP contribution is -1.97. The fourth-order valence-corrected chi connectivity index (χ4v) is 1.70. The second-order valence-electron chi connectivity index (χ2n) is 3.49. The van der Waals surface area contributed by atoms with E-state index in [0.29, 0.717) is 0 Å². The van der Waals surface area contributed by atoms with Gasteiger partial charge in [-0.15, -0.1) is 0 Å². The van der Waals surface area contributed by atoms with E-state index in [4.69, 9.17) is 0 Å². The zero-order valence-corrected chi connectivity index (χ0v) is 7.39. The molecule has 0 heteroatoms. The lowest BCUT2D eigenvalue weighted by atomic mass is 9.95. The van der Waals surface area contributed by atoms with Gasteiger partial charge in [-0.1, -0.05) is 38.3 Å². The summed E-state index contributed by atoms with van der Waals surface area (Å²) in [5, 5.41) is 0. The molecule has 1 aliphatic rings. The summed E-state index contributed by atoms with van der Waals surface area (Å²) >= 11 is 0. The first-order valence-corrected chi connectivity index (χ1v) is 4.87. The quantitative estimate of drug-likeness (QED) is 0.501. The van der Waals surface area contributed by atoms with Crippen LogP contribution in [0.25, 0.3) is 0 Å². The fourth-order valence-electron chi connectivity index (χ4n) is 1.70. The summed E-state index contributed by atoms with van der Waals surface area (Å²) in [5.74, 6) is 0.901. The molecule has 1 radical (unpaired) electrons. The van der Waals surface area contributed by atoms with E-state index in [9.17, 15) is 0 Å². The molecule has 0 heterocycles. The van der Waals surface area contributed by atoms with E-state index in [2.05, 4.69) is 19.1 Å². The third-order valence-corrected chi connectivity index (χ3v) is 2.55.